The first-order valence-corrected chi connectivity index (χ1v) is 20.4. The number of carbonyl (C=O) groups excluding carboxylic acids is 1. The van der Waals surface area contributed by atoms with Crippen LogP contribution in [0.25, 0.3) is 0 Å². The molecule has 10 aliphatic heterocycles. The van der Waals surface area contributed by atoms with Gasteiger partial charge in [-0.3, -0.25) is 4.79 Å². The van der Waals surface area contributed by atoms with Gasteiger partial charge in [-0.25, -0.2) is 0 Å². The fourth-order valence-corrected chi connectivity index (χ4v) is 11.7. The minimum Gasteiger partial charge on any atom is -0.394 e. The molecule has 53 heavy (non-hydrogen) atoms. The molecule has 1 spiro atoms. The van der Waals surface area contributed by atoms with E-state index in [9.17, 15) is 15.0 Å². The standard InChI is InChI=1S/C41H60O12/c1-20-12-25-6-8-29-21(2)13-27(46-29)10-11-41-19-40(4)39(53-41)38-37(51-40)36(52-41)35-30(50-38)9-7-26(48-35)14-23(43)15-28-32(17-31(47-25)22(20)3)49-33(34(28)45-5)16-24(44)18-42/h20,24-39,42,44H,2-3,6-19H2,1,4-5H3/t20-,24+,25+,26?,27+,28+,29?,30?,31?,32+,33-,34-,35?,36+,37+,38-,39?,40+,41-/m1/s1. The van der Waals surface area contributed by atoms with Crippen LogP contribution < -0.4 is 0 Å². The van der Waals surface area contributed by atoms with E-state index in [2.05, 4.69) is 27.0 Å². The van der Waals surface area contributed by atoms with Crippen molar-refractivity contribution in [2.45, 2.75) is 200 Å². The van der Waals surface area contributed by atoms with E-state index in [1.54, 1.807) is 7.11 Å². The Kier molecular flexibility index (Phi) is 10.0. The Morgan fingerprint density at radius 2 is 1.60 bits per heavy atom. The van der Waals surface area contributed by atoms with E-state index in [-0.39, 0.29) is 117 Å². The lowest BCUT2D eigenvalue weighted by Crippen LogP contribution is -2.61. The van der Waals surface area contributed by atoms with Crippen LogP contribution in [0.1, 0.15) is 97.3 Å². The van der Waals surface area contributed by atoms with Crippen molar-refractivity contribution >= 4 is 5.78 Å². The van der Waals surface area contributed by atoms with Gasteiger partial charge in [-0.05, 0) is 68.9 Å². The summed E-state index contributed by atoms with van der Waals surface area (Å²) in [5.74, 6) is -0.756. The first-order valence-electron chi connectivity index (χ1n) is 20.4. The third kappa shape index (κ3) is 6.73. The average molecular weight is 745 g/mol. The Balaban J connectivity index is 1.00. The van der Waals surface area contributed by atoms with Gasteiger partial charge in [0.25, 0.3) is 0 Å². The van der Waals surface area contributed by atoms with Crippen molar-refractivity contribution < 1.29 is 57.6 Å². The molecule has 0 aromatic heterocycles. The van der Waals surface area contributed by atoms with E-state index >= 15 is 0 Å². The molecule has 10 aliphatic rings. The molecule has 0 saturated carbocycles. The first kappa shape index (κ1) is 37.3. The van der Waals surface area contributed by atoms with Crippen molar-refractivity contribution in [2.75, 3.05) is 13.7 Å². The van der Waals surface area contributed by atoms with Gasteiger partial charge in [-0.1, -0.05) is 20.1 Å². The maximum Gasteiger partial charge on any atom is 0.172 e. The maximum atomic E-state index is 14.1. The second-order valence-corrected chi connectivity index (χ2v) is 18.1. The lowest BCUT2D eigenvalue weighted by molar-refractivity contribution is -0.294. The molecule has 6 unspecified atom stereocenters. The van der Waals surface area contributed by atoms with Gasteiger partial charge < -0.3 is 52.8 Å². The molecule has 0 aromatic carbocycles. The lowest BCUT2D eigenvalue weighted by Gasteiger charge is -2.47. The van der Waals surface area contributed by atoms with Crippen LogP contribution in [0.15, 0.2) is 24.3 Å². The number of Topliss-reactive ketones (excluding diaryl/α,β-unsaturated/α-hetero) is 1. The number of rotatable bonds is 4. The van der Waals surface area contributed by atoms with Crippen molar-refractivity contribution in [2.24, 2.45) is 11.8 Å². The summed E-state index contributed by atoms with van der Waals surface area (Å²) in [7, 11) is 1.63. The molecule has 10 heterocycles. The van der Waals surface area contributed by atoms with Gasteiger partial charge in [0.1, 0.15) is 41.9 Å². The van der Waals surface area contributed by atoms with Crippen LogP contribution in [0, 0.1) is 11.8 Å². The van der Waals surface area contributed by atoms with Gasteiger partial charge in [0.15, 0.2) is 5.79 Å². The second kappa shape index (κ2) is 14.3. The fourth-order valence-electron chi connectivity index (χ4n) is 11.7. The topological polar surface area (TPSA) is 141 Å². The van der Waals surface area contributed by atoms with Crippen LogP contribution in [0.3, 0.4) is 0 Å². The summed E-state index contributed by atoms with van der Waals surface area (Å²) in [4.78, 5) is 14.1. The largest absolute Gasteiger partial charge is 0.394 e. The van der Waals surface area contributed by atoms with Crippen molar-refractivity contribution in [1.82, 2.24) is 0 Å². The first-order chi connectivity index (χ1) is 25.4. The average Bonchev–Trinajstić information content (AvgIpc) is 3.76. The number of ketones is 1. The lowest BCUT2D eigenvalue weighted by atomic mass is 9.81. The zero-order chi connectivity index (χ0) is 36.8. The third-order valence-electron chi connectivity index (χ3n) is 14.3. The Hall–Kier alpha value is -1.29. The maximum absolute atomic E-state index is 14.1. The van der Waals surface area contributed by atoms with Crippen molar-refractivity contribution in [3.8, 4) is 0 Å². The van der Waals surface area contributed by atoms with E-state index in [1.165, 1.54) is 0 Å². The number of fused-ring (bicyclic) bond motifs is 6. The van der Waals surface area contributed by atoms with Gasteiger partial charge in [-0.15, -0.1) is 0 Å². The Morgan fingerprint density at radius 1 is 0.830 bits per heavy atom. The summed E-state index contributed by atoms with van der Waals surface area (Å²) in [5.41, 5.74) is 1.66. The van der Waals surface area contributed by atoms with Crippen LogP contribution in [-0.4, -0.2) is 133 Å². The number of ether oxygens (including phenoxy) is 9. The highest BCUT2D eigenvalue weighted by Gasteiger charge is 2.73. The summed E-state index contributed by atoms with van der Waals surface area (Å²) >= 11 is 0. The zero-order valence-electron chi connectivity index (χ0n) is 31.6. The minimum absolute atomic E-state index is 0.0247. The van der Waals surface area contributed by atoms with E-state index < -0.39 is 29.7 Å². The smallest absolute Gasteiger partial charge is 0.172 e. The highest BCUT2D eigenvalue weighted by Crippen LogP contribution is 2.58. The van der Waals surface area contributed by atoms with Crippen LogP contribution in [-0.2, 0) is 47.4 Å². The van der Waals surface area contributed by atoms with Gasteiger partial charge in [-0.2, -0.15) is 0 Å². The summed E-state index contributed by atoms with van der Waals surface area (Å²) in [6, 6.07) is 0. The highest BCUT2D eigenvalue weighted by molar-refractivity contribution is 5.79. The van der Waals surface area contributed by atoms with Crippen LogP contribution in [0.5, 0.6) is 0 Å². The SMILES string of the molecule is C=C1C[C@@H]2CC[C@@]34C[C@]5(C)O[C@H]6[C@@H](O3)C3OC(CCC3O[C@H]6C5O4)CC(=O)C[C@@H]3[C@@H](OC)[C@@H](C[C@H](O)CO)O[C@H]3CC3O[C@@H](CCC1O2)C[C@@H](C)C3=C. The van der Waals surface area contributed by atoms with Crippen LogP contribution in [0.2, 0.25) is 0 Å². The van der Waals surface area contributed by atoms with Gasteiger partial charge in [0.2, 0.25) is 0 Å². The monoisotopic (exact) mass is 744 g/mol. The summed E-state index contributed by atoms with van der Waals surface area (Å²) in [6.45, 7) is 12.9. The molecule has 0 aromatic rings. The molecule has 19 atom stereocenters. The zero-order valence-corrected chi connectivity index (χ0v) is 31.6. The number of aliphatic hydroxyl groups excluding tert-OH is 2. The molecule has 10 fully saturated rings. The molecule has 296 valence electrons. The number of aliphatic hydroxyl groups is 2. The summed E-state index contributed by atoms with van der Waals surface area (Å²) in [6.07, 6.45) is 3.77. The van der Waals surface area contributed by atoms with Crippen molar-refractivity contribution in [3.05, 3.63) is 24.3 Å². The van der Waals surface area contributed by atoms with Crippen molar-refractivity contribution in [1.29, 1.82) is 0 Å². The molecule has 12 heteroatoms. The molecule has 0 radical (unpaired) electrons. The highest BCUT2D eigenvalue weighted by atomic mass is 16.8. The van der Waals surface area contributed by atoms with Gasteiger partial charge in [0.05, 0.1) is 67.6 Å². The molecule has 2 N–H and O–H groups in total. The quantitative estimate of drug-likeness (QED) is 0.404. The van der Waals surface area contributed by atoms with Crippen molar-refractivity contribution in [3.63, 3.8) is 0 Å². The molecule has 12 nitrogen and oxygen atoms in total. The molecular formula is C41H60O12. The second-order valence-electron chi connectivity index (χ2n) is 18.1. The number of hydrogen-bond acceptors (Lipinski definition) is 12. The molecule has 0 aliphatic carbocycles. The molecule has 12 bridgehead atoms. The van der Waals surface area contributed by atoms with Gasteiger partial charge in [0, 0.05) is 51.6 Å². The number of hydrogen-bond donors (Lipinski definition) is 2. The third-order valence-corrected chi connectivity index (χ3v) is 14.3. The minimum atomic E-state index is -0.953. The Bertz CT molecular complexity index is 1420. The van der Waals surface area contributed by atoms with E-state index in [0.717, 1.165) is 49.7 Å². The Labute approximate surface area is 313 Å². The van der Waals surface area contributed by atoms with Crippen LogP contribution >= 0.6 is 0 Å². The number of methoxy groups -OCH3 is 1. The molecule has 0 amide bonds. The van der Waals surface area contributed by atoms with Gasteiger partial charge >= 0.3 is 0 Å². The van der Waals surface area contributed by atoms with E-state index in [1.807, 2.05) is 0 Å². The Morgan fingerprint density at radius 3 is 2.42 bits per heavy atom. The fraction of sp³-hybridized carbons (Fsp3) is 0.878. The molecular weight excluding hydrogens is 684 g/mol. The summed E-state index contributed by atoms with van der Waals surface area (Å²) in [5, 5.41) is 20.1. The van der Waals surface area contributed by atoms with E-state index in [4.69, 9.17) is 42.6 Å². The summed E-state index contributed by atoms with van der Waals surface area (Å²) < 4.78 is 60.3. The van der Waals surface area contributed by atoms with Crippen LogP contribution in [0.4, 0.5) is 0 Å². The number of carbonyl (C=O) groups is 1. The predicted octanol–water partition coefficient (Wildman–Crippen LogP) is 3.86. The van der Waals surface area contributed by atoms with E-state index in [0.29, 0.717) is 25.7 Å². The molecule has 10 rings (SSSR count). The normalized spacial score (nSPS) is 53.0. The predicted molar refractivity (Wildman–Crippen MR) is 189 cm³/mol. The molecule has 10 saturated heterocycles.